The zero-order valence-electron chi connectivity index (χ0n) is 30.3. The second-order valence-corrected chi connectivity index (χ2v) is 15.4. The average Bonchev–Trinajstić information content (AvgIpc) is 3.56. The van der Waals surface area contributed by atoms with E-state index in [2.05, 4.69) is 75.4 Å². The van der Waals surface area contributed by atoms with E-state index in [1.807, 2.05) is 30.3 Å². The predicted octanol–water partition coefficient (Wildman–Crippen LogP) is 5.48. The van der Waals surface area contributed by atoms with E-state index in [-0.39, 0.29) is 17.6 Å². The van der Waals surface area contributed by atoms with Gasteiger partial charge in [-0.2, -0.15) is 5.26 Å². The molecular weight excluding hydrogens is 651 g/mol. The maximum atomic E-state index is 14.1. The summed E-state index contributed by atoms with van der Waals surface area (Å²) in [7, 11) is 0. The summed E-state index contributed by atoms with van der Waals surface area (Å²) in [6.07, 6.45) is 3.94. The number of nitriles is 1. The quantitative estimate of drug-likeness (QED) is 0.217. The summed E-state index contributed by atoms with van der Waals surface area (Å²) in [4.78, 5) is 49.3. The van der Waals surface area contributed by atoms with Crippen LogP contribution in [0.3, 0.4) is 0 Å². The van der Waals surface area contributed by atoms with Crippen LogP contribution < -0.4 is 15.5 Å². The molecule has 52 heavy (non-hydrogen) atoms. The van der Waals surface area contributed by atoms with E-state index in [0.717, 1.165) is 104 Å². The maximum Gasteiger partial charge on any atom is 0.249 e. The number of para-hydroxylation sites is 1. The van der Waals surface area contributed by atoms with Crippen molar-refractivity contribution in [3.63, 3.8) is 0 Å². The molecule has 0 spiro atoms. The Bertz CT molecular complexity index is 2110. The first-order chi connectivity index (χ1) is 25.1. The third-order valence-electron chi connectivity index (χ3n) is 12.0. The van der Waals surface area contributed by atoms with Gasteiger partial charge in [-0.05, 0) is 72.7 Å². The van der Waals surface area contributed by atoms with E-state index in [4.69, 9.17) is 0 Å². The summed E-state index contributed by atoms with van der Waals surface area (Å²) < 4.78 is 0. The largest absolute Gasteiger partial charge is 0.373 e. The van der Waals surface area contributed by atoms with E-state index in [0.29, 0.717) is 24.4 Å². The first-order valence-electron chi connectivity index (χ1n) is 18.8. The molecule has 1 aliphatic carbocycles. The molecule has 8 rings (SSSR count). The summed E-state index contributed by atoms with van der Waals surface area (Å²) in [6.45, 7) is 13.4. The highest BCUT2D eigenvalue weighted by atomic mass is 16.2. The molecule has 1 unspecified atom stereocenters. The average molecular weight is 698 g/mol. The van der Waals surface area contributed by atoms with E-state index in [1.54, 1.807) is 6.07 Å². The number of aromatic amines is 1. The molecule has 268 valence electrons. The van der Waals surface area contributed by atoms with E-state index in [9.17, 15) is 19.6 Å². The summed E-state index contributed by atoms with van der Waals surface area (Å²) in [5.74, 6) is -0.384. The minimum Gasteiger partial charge on any atom is -0.373 e. The lowest BCUT2D eigenvalue weighted by atomic mass is 9.70. The number of nitrogens with zero attached hydrogens (tertiary/aromatic N) is 4. The van der Waals surface area contributed by atoms with Crippen LogP contribution in [0, 0.1) is 11.3 Å². The molecule has 0 radical (unpaired) electrons. The third kappa shape index (κ3) is 6.06. The smallest absolute Gasteiger partial charge is 0.249 e. The number of benzene rings is 3. The van der Waals surface area contributed by atoms with Crippen LogP contribution in [-0.4, -0.2) is 83.7 Å². The lowest BCUT2D eigenvalue weighted by Gasteiger charge is -2.44. The van der Waals surface area contributed by atoms with Crippen LogP contribution in [0.2, 0.25) is 0 Å². The van der Waals surface area contributed by atoms with Gasteiger partial charge in [-0.15, -0.1) is 0 Å². The number of ketones is 1. The molecule has 2 amide bonds. The SMILES string of the molecule is CCc1cc2c(cc1N1CCC(N3CCN(Cc4ccccc4NC4CCC(=O)NC4=O)CC3)CC1)C(C)(C)c1[nH]c3cc(C#N)ccc3c1C2=O. The van der Waals surface area contributed by atoms with Crippen molar-refractivity contribution in [3.05, 3.63) is 93.7 Å². The highest BCUT2D eigenvalue weighted by Crippen LogP contribution is 2.46. The number of rotatable bonds is 7. The van der Waals surface area contributed by atoms with Gasteiger partial charge in [0, 0.05) is 97.2 Å². The topological polar surface area (TPSA) is 125 Å². The molecule has 3 fully saturated rings. The van der Waals surface area contributed by atoms with Crippen molar-refractivity contribution in [2.24, 2.45) is 0 Å². The van der Waals surface area contributed by atoms with Gasteiger partial charge in [0.05, 0.1) is 17.2 Å². The Morgan fingerprint density at radius 2 is 1.69 bits per heavy atom. The normalized spacial score (nSPS) is 21.1. The van der Waals surface area contributed by atoms with Crippen molar-refractivity contribution in [1.29, 1.82) is 5.26 Å². The first-order valence-corrected chi connectivity index (χ1v) is 18.8. The fourth-order valence-corrected chi connectivity index (χ4v) is 8.97. The van der Waals surface area contributed by atoms with Gasteiger partial charge in [0.25, 0.3) is 0 Å². The Kier molecular flexibility index (Phi) is 8.88. The molecule has 0 saturated carbocycles. The molecule has 3 N–H and O–H groups in total. The fraction of sp³-hybridized carbons (Fsp3) is 0.429. The number of hydrogen-bond acceptors (Lipinski definition) is 8. The van der Waals surface area contributed by atoms with Crippen LogP contribution >= 0.6 is 0 Å². The van der Waals surface area contributed by atoms with Crippen LogP contribution in [0.15, 0.2) is 54.6 Å². The van der Waals surface area contributed by atoms with Crippen LogP contribution in [-0.2, 0) is 28.0 Å². The van der Waals surface area contributed by atoms with Gasteiger partial charge in [0.1, 0.15) is 6.04 Å². The van der Waals surface area contributed by atoms with Gasteiger partial charge < -0.3 is 15.2 Å². The number of nitrogens with one attached hydrogen (secondary N) is 3. The Hall–Kier alpha value is -4.98. The van der Waals surface area contributed by atoms with Gasteiger partial charge in [-0.3, -0.25) is 29.5 Å². The monoisotopic (exact) mass is 697 g/mol. The molecule has 4 aromatic rings. The van der Waals surface area contributed by atoms with Gasteiger partial charge in [-0.25, -0.2) is 0 Å². The fourth-order valence-electron chi connectivity index (χ4n) is 8.97. The number of H-pyrrole nitrogens is 1. The minimum absolute atomic E-state index is 0.0634. The predicted molar refractivity (Wildman–Crippen MR) is 203 cm³/mol. The number of carbonyl (C=O) groups excluding carboxylic acids is 3. The van der Waals surface area contributed by atoms with Crippen LogP contribution in [0.25, 0.3) is 10.9 Å². The Morgan fingerprint density at radius 3 is 2.42 bits per heavy atom. The Labute approximate surface area is 305 Å². The highest BCUT2D eigenvalue weighted by Gasteiger charge is 2.41. The number of aryl methyl sites for hydroxylation is 1. The number of aromatic nitrogens is 1. The van der Waals surface area contributed by atoms with Crippen molar-refractivity contribution in [3.8, 4) is 6.07 Å². The summed E-state index contributed by atoms with van der Waals surface area (Å²) in [5, 5.41) is 16.2. The van der Waals surface area contributed by atoms with Crippen molar-refractivity contribution >= 4 is 39.9 Å². The zero-order valence-corrected chi connectivity index (χ0v) is 30.3. The van der Waals surface area contributed by atoms with E-state index < -0.39 is 11.5 Å². The van der Waals surface area contributed by atoms with E-state index >= 15 is 0 Å². The summed E-state index contributed by atoms with van der Waals surface area (Å²) >= 11 is 0. The second-order valence-electron chi connectivity index (χ2n) is 15.4. The van der Waals surface area contributed by atoms with Gasteiger partial charge >= 0.3 is 0 Å². The molecule has 1 aromatic heterocycles. The lowest BCUT2D eigenvalue weighted by molar-refractivity contribution is -0.133. The minimum atomic E-state index is -0.398. The Morgan fingerprint density at radius 1 is 0.923 bits per heavy atom. The number of amides is 2. The van der Waals surface area contributed by atoms with Gasteiger partial charge in [-0.1, -0.05) is 45.0 Å². The number of carbonyl (C=O) groups is 3. The molecule has 1 atom stereocenters. The van der Waals surface area contributed by atoms with Crippen molar-refractivity contribution in [2.45, 2.75) is 76.9 Å². The number of piperazine rings is 1. The third-order valence-corrected chi connectivity index (χ3v) is 12.0. The Balaban J connectivity index is 0.917. The molecule has 3 saturated heterocycles. The standard InChI is InChI=1S/C42H47N7O3/c1-4-27-22-31-32(42(2,3)40-38(39(31)51)30-10-9-26(24-43)21-35(30)45-40)23-36(27)49-15-13-29(14-16-49)48-19-17-47(18-20-48)25-28-7-5-6-8-33(28)44-34-11-12-37(50)46-41(34)52/h5-10,21-23,29,34,44-45H,4,11-20,25H2,1-3H3,(H,46,50,52). The number of hydrogen-bond donors (Lipinski definition) is 3. The molecule has 10 heteroatoms. The second kappa shape index (κ2) is 13.5. The lowest BCUT2D eigenvalue weighted by Crippen LogP contribution is -2.53. The number of piperidine rings is 2. The molecule has 10 nitrogen and oxygen atoms in total. The van der Waals surface area contributed by atoms with Gasteiger partial charge in [0.15, 0.2) is 5.78 Å². The number of anilines is 2. The molecular formula is C42H47N7O3. The number of fused-ring (bicyclic) bond motifs is 4. The molecule has 4 heterocycles. The maximum absolute atomic E-state index is 14.1. The summed E-state index contributed by atoms with van der Waals surface area (Å²) in [5.41, 5.74) is 9.15. The number of imide groups is 1. The van der Waals surface area contributed by atoms with Crippen LogP contribution in [0.1, 0.15) is 90.3 Å². The highest BCUT2D eigenvalue weighted by molar-refractivity contribution is 6.20. The van der Waals surface area contributed by atoms with Crippen molar-refractivity contribution < 1.29 is 14.4 Å². The van der Waals surface area contributed by atoms with Gasteiger partial charge in [0.2, 0.25) is 11.8 Å². The molecule has 0 bridgehead atoms. The van der Waals surface area contributed by atoms with Crippen molar-refractivity contribution in [1.82, 2.24) is 20.1 Å². The van der Waals surface area contributed by atoms with E-state index in [1.165, 1.54) is 16.8 Å². The first kappa shape index (κ1) is 34.1. The summed E-state index contributed by atoms with van der Waals surface area (Å²) in [6, 6.07) is 20.6. The van der Waals surface area contributed by atoms with Crippen LogP contribution in [0.4, 0.5) is 11.4 Å². The molecule has 3 aromatic carbocycles. The van der Waals surface area contributed by atoms with Crippen LogP contribution in [0.5, 0.6) is 0 Å². The zero-order chi connectivity index (χ0) is 36.1. The molecule has 3 aliphatic heterocycles. The molecule has 4 aliphatic rings. The van der Waals surface area contributed by atoms with Crippen molar-refractivity contribution in [2.75, 3.05) is 49.5 Å².